The van der Waals surface area contributed by atoms with Crippen LogP contribution in [0, 0.1) is 11.6 Å². The number of pyridine rings is 2. The van der Waals surface area contributed by atoms with Gasteiger partial charge in [0.15, 0.2) is 5.82 Å². The van der Waals surface area contributed by atoms with Crippen LogP contribution in [0.1, 0.15) is 10.4 Å². The molecule has 1 aliphatic rings. The summed E-state index contributed by atoms with van der Waals surface area (Å²) in [6, 6.07) is 1.94. The molecule has 5 N–H and O–H groups in total. The van der Waals surface area contributed by atoms with Crippen molar-refractivity contribution in [1.29, 1.82) is 0 Å². The van der Waals surface area contributed by atoms with E-state index in [9.17, 15) is 23.5 Å². The van der Waals surface area contributed by atoms with Crippen molar-refractivity contribution in [3.05, 3.63) is 57.0 Å². The molecule has 4 rings (SSSR count). The van der Waals surface area contributed by atoms with Crippen molar-refractivity contribution in [2.24, 2.45) is 5.73 Å². The number of carboxylic acid groups (broad SMARTS) is 1. The van der Waals surface area contributed by atoms with Crippen molar-refractivity contribution in [3.63, 3.8) is 0 Å². The van der Waals surface area contributed by atoms with Crippen molar-refractivity contribution >= 4 is 39.8 Å². The molecule has 1 fully saturated rings. The maximum atomic E-state index is 14.8. The molecule has 3 aromatic rings. The lowest BCUT2D eigenvalue weighted by Crippen LogP contribution is -2.56. The van der Waals surface area contributed by atoms with Crippen molar-refractivity contribution < 1.29 is 18.7 Å². The molecule has 0 unspecified atom stereocenters. The number of benzene rings is 1. The number of halogens is 3. The summed E-state index contributed by atoms with van der Waals surface area (Å²) in [5.41, 5.74) is 9.63. The highest BCUT2D eigenvalue weighted by Gasteiger charge is 2.30. The van der Waals surface area contributed by atoms with Crippen LogP contribution in [0.3, 0.4) is 0 Å². The fourth-order valence-corrected chi connectivity index (χ4v) is 3.70. The molecular formula is C18H14ClF2N5O3. The minimum Gasteiger partial charge on any atom is -0.477 e. The Morgan fingerprint density at radius 3 is 2.55 bits per heavy atom. The Kier molecular flexibility index (Phi) is 4.39. The Morgan fingerprint density at radius 1 is 1.28 bits per heavy atom. The minimum atomic E-state index is -1.52. The van der Waals surface area contributed by atoms with Crippen molar-refractivity contribution in [2.45, 2.75) is 6.04 Å². The van der Waals surface area contributed by atoms with Gasteiger partial charge in [0.2, 0.25) is 5.43 Å². The second kappa shape index (κ2) is 6.68. The van der Waals surface area contributed by atoms with Crippen molar-refractivity contribution in [1.82, 2.24) is 9.55 Å². The Labute approximate surface area is 166 Å². The zero-order chi connectivity index (χ0) is 21.0. The van der Waals surface area contributed by atoms with Crippen LogP contribution in [-0.4, -0.2) is 39.8 Å². The zero-order valence-electron chi connectivity index (χ0n) is 14.7. The molecular weight excluding hydrogens is 408 g/mol. The van der Waals surface area contributed by atoms with Gasteiger partial charge in [0, 0.05) is 31.4 Å². The highest BCUT2D eigenvalue weighted by Crippen LogP contribution is 2.38. The van der Waals surface area contributed by atoms with E-state index in [-0.39, 0.29) is 39.2 Å². The smallest absolute Gasteiger partial charge is 0.341 e. The third-order valence-corrected chi connectivity index (χ3v) is 5.09. The van der Waals surface area contributed by atoms with Gasteiger partial charge in [-0.25, -0.2) is 18.6 Å². The number of nitrogen functional groups attached to an aromatic ring is 1. The first-order valence-electron chi connectivity index (χ1n) is 8.41. The predicted octanol–water partition coefficient (Wildman–Crippen LogP) is 1.75. The topological polar surface area (TPSA) is 127 Å². The summed E-state index contributed by atoms with van der Waals surface area (Å²) in [6.07, 6.45) is 1.85. The number of nitrogens with two attached hydrogens (primary N) is 2. The highest BCUT2D eigenvalue weighted by molar-refractivity contribution is 6.38. The van der Waals surface area contributed by atoms with Crippen LogP contribution in [0.15, 0.2) is 29.3 Å². The van der Waals surface area contributed by atoms with Crippen molar-refractivity contribution in [3.8, 4) is 5.82 Å². The molecule has 0 aliphatic carbocycles. The standard InChI is InChI=1S/C18H14ClF2N5O3/c19-14-15-8(1-10(20)16(14)25-4-7(22)5-25)17(27)9(18(28)29)6-26(15)13-2-12(23)11(21)3-24-13/h1-3,6-7H,4-5,22H2,(H2,23,24)(H,28,29). The summed E-state index contributed by atoms with van der Waals surface area (Å²) in [7, 11) is 0. The van der Waals surface area contributed by atoms with Crippen LogP contribution >= 0.6 is 11.6 Å². The average molecular weight is 422 g/mol. The summed E-state index contributed by atoms with van der Waals surface area (Å²) in [4.78, 5) is 29.7. The number of hydrogen-bond acceptors (Lipinski definition) is 6. The average Bonchev–Trinajstić information content (AvgIpc) is 2.63. The van der Waals surface area contributed by atoms with Gasteiger partial charge in [0.1, 0.15) is 17.2 Å². The number of rotatable bonds is 3. The molecule has 3 heterocycles. The normalized spacial score (nSPS) is 14.3. The molecule has 11 heteroatoms. The fraction of sp³-hybridized carbons (Fsp3) is 0.167. The number of hydrogen-bond donors (Lipinski definition) is 3. The Morgan fingerprint density at radius 2 is 1.97 bits per heavy atom. The molecule has 0 spiro atoms. The van der Waals surface area contributed by atoms with E-state index in [0.29, 0.717) is 13.1 Å². The summed E-state index contributed by atoms with van der Waals surface area (Å²) in [5, 5.41) is 9.01. The number of fused-ring (bicyclic) bond motifs is 1. The zero-order valence-corrected chi connectivity index (χ0v) is 15.5. The summed E-state index contributed by atoms with van der Waals surface area (Å²) >= 11 is 6.47. The van der Waals surface area contributed by atoms with Gasteiger partial charge in [-0.3, -0.25) is 9.36 Å². The van der Waals surface area contributed by atoms with E-state index in [2.05, 4.69) is 4.98 Å². The third-order valence-electron chi connectivity index (χ3n) is 4.73. The van der Waals surface area contributed by atoms with Gasteiger partial charge in [-0.05, 0) is 6.07 Å². The van der Waals surface area contributed by atoms with Crippen LogP contribution in [0.2, 0.25) is 5.02 Å². The largest absolute Gasteiger partial charge is 0.477 e. The lowest BCUT2D eigenvalue weighted by atomic mass is 10.1. The minimum absolute atomic E-state index is 0.0103. The fourth-order valence-electron chi connectivity index (χ4n) is 3.30. The van der Waals surface area contributed by atoms with Crippen LogP contribution < -0.4 is 21.8 Å². The molecule has 0 amide bonds. The summed E-state index contributed by atoms with van der Waals surface area (Å²) in [5.74, 6) is -3.07. The van der Waals surface area contributed by atoms with E-state index in [1.807, 2.05) is 0 Å². The molecule has 29 heavy (non-hydrogen) atoms. The van der Waals surface area contributed by atoms with Gasteiger partial charge in [-0.2, -0.15) is 0 Å². The van der Waals surface area contributed by atoms with E-state index in [1.165, 1.54) is 4.57 Å². The molecule has 1 aliphatic heterocycles. The second-order valence-corrected chi connectivity index (χ2v) is 7.07. The van der Waals surface area contributed by atoms with Crippen LogP contribution in [-0.2, 0) is 0 Å². The van der Waals surface area contributed by atoms with E-state index in [0.717, 1.165) is 24.5 Å². The van der Waals surface area contributed by atoms with Gasteiger partial charge in [0.25, 0.3) is 0 Å². The maximum Gasteiger partial charge on any atom is 0.341 e. The number of nitrogens with zero attached hydrogens (tertiary/aromatic N) is 3. The van der Waals surface area contributed by atoms with Gasteiger partial charge >= 0.3 is 5.97 Å². The van der Waals surface area contributed by atoms with E-state index in [1.54, 1.807) is 4.90 Å². The second-order valence-electron chi connectivity index (χ2n) is 6.69. The SMILES string of the molecule is Nc1cc(-n2cc(C(=O)O)c(=O)c3cc(F)c(N4CC(N)C4)c(Cl)c32)ncc1F. The predicted molar refractivity (Wildman–Crippen MR) is 104 cm³/mol. The summed E-state index contributed by atoms with van der Waals surface area (Å²) in [6.45, 7) is 0.725. The molecule has 150 valence electrons. The number of aromatic carboxylic acids is 1. The molecule has 1 aromatic carbocycles. The number of carbonyl (C=O) groups is 1. The third kappa shape index (κ3) is 2.97. The molecule has 2 aromatic heterocycles. The number of carboxylic acids is 1. The van der Waals surface area contributed by atoms with Crippen LogP contribution in [0.5, 0.6) is 0 Å². The number of aromatic nitrogens is 2. The Balaban J connectivity index is 2.10. The van der Waals surface area contributed by atoms with Crippen LogP contribution in [0.4, 0.5) is 20.2 Å². The first kappa shape index (κ1) is 19.1. The summed E-state index contributed by atoms with van der Waals surface area (Å²) < 4.78 is 29.5. The lowest BCUT2D eigenvalue weighted by Gasteiger charge is -2.39. The molecule has 0 bridgehead atoms. The van der Waals surface area contributed by atoms with E-state index < -0.39 is 28.6 Å². The van der Waals surface area contributed by atoms with Crippen LogP contribution in [0.25, 0.3) is 16.7 Å². The molecule has 1 saturated heterocycles. The van der Waals surface area contributed by atoms with Gasteiger partial charge in [-0.1, -0.05) is 11.6 Å². The highest BCUT2D eigenvalue weighted by atomic mass is 35.5. The Hall–Kier alpha value is -3.24. The van der Waals surface area contributed by atoms with E-state index >= 15 is 0 Å². The first-order valence-corrected chi connectivity index (χ1v) is 8.79. The van der Waals surface area contributed by atoms with Gasteiger partial charge in [-0.15, -0.1) is 0 Å². The quantitative estimate of drug-likeness (QED) is 0.587. The molecule has 0 saturated carbocycles. The van der Waals surface area contributed by atoms with Gasteiger partial charge < -0.3 is 21.5 Å². The maximum absolute atomic E-state index is 14.8. The van der Waals surface area contributed by atoms with Gasteiger partial charge in [0.05, 0.1) is 33.5 Å². The monoisotopic (exact) mass is 421 g/mol. The lowest BCUT2D eigenvalue weighted by molar-refractivity contribution is 0.0695. The molecule has 8 nitrogen and oxygen atoms in total. The number of anilines is 2. The first-order chi connectivity index (χ1) is 13.7. The Bertz CT molecular complexity index is 1240. The molecule has 0 radical (unpaired) electrons. The van der Waals surface area contributed by atoms with Crippen molar-refractivity contribution in [2.75, 3.05) is 23.7 Å². The molecule has 0 atom stereocenters. The van der Waals surface area contributed by atoms with E-state index in [4.69, 9.17) is 23.1 Å².